The number of methoxy groups -OCH3 is 1. The number of benzene rings is 2. The second-order valence-electron chi connectivity index (χ2n) is 6.60. The van der Waals surface area contributed by atoms with Gasteiger partial charge in [0.1, 0.15) is 17.2 Å². The van der Waals surface area contributed by atoms with E-state index in [9.17, 15) is 4.79 Å². The monoisotopic (exact) mass is 369 g/mol. The molecular formula is C21H27N3O3. The Morgan fingerprint density at radius 1 is 1.19 bits per heavy atom. The van der Waals surface area contributed by atoms with E-state index in [0.717, 1.165) is 30.8 Å². The Morgan fingerprint density at radius 3 is 2.63 bits per heavy atom. The molecule has 1 saturated heterocycles. The molecule has 0 unspecified atom stereocenters. The molecule has 2 aromatic carbocycles. The van der Waals surface area contributed by atoms with Gasteiger partial charge in [0.15, 0.2) is 0 Å². The van der Waals surface area contributed by atoms with Gasteiger partial charge in [-0.1, -0.05) is 12.1 Å². The number of rotatable bonds is 7. The molecule has 6 nitrogen and oxygen atoms in total. The second-order valence-corrected chi connectivity index (χ2v) is 6.60. The van der Waals surface area contributed by atoms with Gasteiger partial charge in [-0.25, -0.2) is 0 Å². The first kappa shape index (κ1) is 19.0. The molecule has 27 heavy (non-hydrogen) atoms. The highest BCUT2D eigenvalue weighted by Crippen LogP contribution is 2.24. The van der Waals surface area contributed by atoms with E-state index in [-0.39, 0.29) is 5.91 Å². The second kappa shape index (κ2) is 8.77. The van der Waals surface area contributed by atoms with Crippen LogP contribution < -0.4 is 25.4 Å². The Labute approximate surface area is 160 Å². The van der Waals surface area contributed by atoms with Gasteiger partial charge in [0.25, 0.3) is 5.91 Å². The lowest BCUT2D eigenvalue weighted by Crippen LogP contribution is -2.62. The standard InChI is InChI=1S/C21H27N3O3/c1-3-27-17-11-9-16(10-12-17)23-21(13-6-14-22-15-21)24-20(25)18-7-4-5-8-19(18)26-2/h4-5,7-12,22-23H,3,6,13-15H2,1-2H3,(H,24,25)/t21-/m1/s1. The first-order valence-electron chi connectivity index (χ1n) is 9.33. The minimum absolute atomic E-state index is 0.158. The predicted molar refractivity (Wildman–Crippen MR) is 107 cm³/mol. The molecule has 2 aromatic rings. The van der Waals surface area contributed by atoms with E-state index in [0.29, 0.717) is 24.5 Å². The number of carbonyl (C=O) groups is 1. The summed E-state index contributed by atoms with van der Waals surface area (Å²) in [6, 6.07) is 15.0. The van der Waals surface area contributed by atoms with Gasteiger partial charge < -0.3 is 25.4 Å². The molecule has 0 saturated carbocycles. The Bertz CT molecular complexity index is 756. The smallest absolute Gasteiger partial charge is 0.256 e. The molecule has 1 aliphatic rings. The number of amides is 1. The summed E-state index contributed by atoms with van der Waals surface area (Å²) >= 11 is 0. The van der Waals surface area contributed by atoms with Crippen LogP contribution in [0.3, 0.4) is 0 Å². The topological polar surface area (TPSA) is 71.6 Å². The van der Waals surface area contributed by atoms with Crippen LogP contribution in [0.1, 0.15) is 30.1 Å². The van der Waals surface area contributed by atoms with E-state index in [4.69, 9.17) is 9.47 Å². The fourth-order valence-corrected chi connectivity index (χ4v) is 3.34. The molecule has 3 N–H and O–H groups in total. The minimum atomic E-state index is -0.566. The molecule has 6 heteroatoms. The molecule has 0 radical (unpaired) electrons. The molecule has 1 heterocycles. The molecule has 1 amide bonds. The highest BCUT2D eigenvalue weighted by Gasteiger charge is 2.34. The van der Waals surface area contributed by atoms with Crippen molar-refractivity contribution in [3.63, 3.8) is 0 Å². The molecule has 0 bridgehead atoms. The van der Waals surface area contributed by atoms with Gasteiger partial charge in [-0.2, -0.15) is 0 Å². The molecule has 1 aliphatic heterocycles. The number of anilines is 1. The van der Waals surface area contributed by atoms with E-state index in [2.05, 4.69) is 16.0 Å². The van der Waals surface area contributed by atoms with Crippen molar-refractivity contribution in [3.8, 4) is 11.5 Å². The Kier molecular flexibility index (Phi) is 6.19. The third-order valence-electron chi connectivity index (χ3n) is 4.64. The zero-order valence-electron chi connectivity index (χ0n) is 15.9. The van der Waals surface area contributed by atoms with Crippen molar-refractivity contribution in [1.29, 1.82) is 0 Å². The van der Waals surface area contributed by atoms with E-state index in [1.165, 1.54) is 0 Å². The highest BCUT2D eigenvalue weighted by molar-refractivity contribution is 5.97. The first-order chi connectivity index (χ1) is 13.2. The number of piperidine rings is 1. The van der Waals surface area contributed by atoms with Crippen LogP contribution in [0.4, 0.5) is 5.69 Å². The number of para-hydroxylation sites is 1. The summed E-state index contributed by atoms with van der Waals surface area (Å²) in [7, 11) is 1.57. The molecule has 0 spiro atoms. The summed E-state index contributed by atoms with van der Waals surface area (Å²) in [5, 5.41) is 10.1. The van der Waals surface area contributed by atoms with Crippen LogP contribution in [-0.4, -0.2) is 38.4 Å². The molecular weight excluding hydrogens is 342 g/mol. The van der Waals surface area contributed by atoms with Crippen LogP contribution in [-0.2, 0) is 0 Å². The number of ether oxygens (including phenoxy) is 2. The largest absolute Gasteiger partial charge is 0.496 e. The maximum Gasteiger partial charge on any atom is 0.256 e. The Hall–Kier alpha value is -2.73. The molecule has 1 fully saturated rings. The lowest BCUT2D eigenvalue weighted by atomic mass is 9.98. The Morgan fingerprint density at radius 2 is 1.96 bits per heavy atom. The molecule has 0 aliphatic carbocycles. The number of hydrogen-bond donors (Lipinski definition) is 3. The summed E-state index contributed by atoms with van der Waals surface area (Å²) in [4.78, 5) is 12.9. The van der Waals surface area contributed by atoms with Gasteiger partial charge in [0, 0.05) is 12.2 Å². The molecule has 0 aromatic heterocycles. The zero-order valence-corrected chi connectivity index (χ0v) is 15.9. The van der Waals surface area contributed by atoms with E-state index >= 15 is 0 Å². The summed E-state index contributed by atoms with van der Waals surface area (Å²) < 4.78 is 10.8. The quantitative estimate of drug-likeness (QED) is 0.655. The number of nitrogens with one attached hydrogen (secondary N) is 3. The number of hydrogen-bond acceptors (Lipinski definition) is 5. The van der Waals surface area contributed by atoms with Crippen LogP contribution in [0.25, 0.3) is 0 Å². The van der Waals surface area contributed by atoms with Crippen LogP contribution in [0, 0.1) is 0 Å². The fraction of sp³-hybridized carbons (Fsp3) is 0.381. The summed E-state index contributed by atoms with van der Waals surface area (Å²) in [5.41, 5.74) is 0.893. The third kappa shape index (κ3) is 4.71. The average molecular weight is 369 g/mol. The van der Waals surface area contributed by atoms with Crippen molar-refractivity contribution < 1.29 is 14.3 Å². The molecule has 1 atom stereocenters. The SMILES string of the molecule is CCOc1ccc(N[C@@]2(NC(=O)c3ccccc3OC)CCCNC2)cc1. The van der Waals surface area contributed by atoms with Crippen molar-refractivity contribution in [3.05, 3.63) is 54.1 Å². The van der Waals surface area contributed by atoms with Crippen molar-refractivity contribution in [2.45, 2.75) is 25.4 Å². The zero-order chi connectivity index (χ0) is 19.1. The minimum Gasteiger partial charge on any atom is -0.496 e. The first-order valence-corrected chi connectivity index (χ1v) is 9.33. The summed E-state index contributed by atoms with van der Waals surface area (Å²) in [6.45, 7) is 4.18. The van der Waals surface area contributed by atoms with Crippen LogP contribution in [0.15, 0.2) is 48.5 Å². The Balaban J connectivity index is 1.79. The van der Waals surface area contributed by atoms with Crippen molar-refractivity contribution in [2.24, 2.45) is 0 Å². The lowest BCUT2D eigenvalue weighted by molar-refractivity contribution is 0.0892. The van der Waals surface area contributed by atoms with E-state index < -0.39 is 5.66 Å². The van der Waals surface area contributed by atoms with E-state index in [1.54, 1.807) is 19.2 Å². The van der Waals surface area contributed by atoms with Gasteiger partial charge in [-0.3, -0.25) is 4.79 Å². The maximum atomic E-state index is 12.9. The molecule has 144 valence electrons. The summed E-state index contributed by atoms with van der Waals surface area (Å²) in [5.74, 6) is 1.24. The normalized spacial score (nSPS) is 19.2. The van der Waals surface area contributed by atoms with Gasteiger partial charge in [-0.05, 0) is 62.7 Å². The average Bonchev–Trinajstić information content (AvgIpc) is 2.70. The van der Waals surface area contributed by atoms with Gasteiger partial charge in [-0.15, -0.1) is 0 Å². The third-order valence-corrected chi connectivity index (χ3v) is 4.64. The van der Waals surface area contributed by atoms with E-state index in [1.807, 2.05) is 43.3 Å². The highest BCUT2D eigenvalue weighted by atomic mass is 16.5. The summed E-state index contributed by atoms with van der Waals surface area (Å²) in [6.07, 6.45) is 1.80. The van der Waals surface area contributed by atoms with Crippen LogP contribution in [0.5, 0.6) is 11.5 Å². The fourth-order valence-electron chi connectivity index (χ4n) is 3.34. The van der Waals surface area contributed by atoms with Gasteiger partial charge in [0.2, 0.25) is 0 Å². The van der Waals surface area contributed by atoms with Crippen LogP contribution >= 0.6 is 0 Å². The predicted octanol–water partition coefficient (Wildman–Crippen LogP) is 3.02. The molecule has 3 rings (SSSR count). The van der Waals surface area contributed by atoms with Crippen molar-refractivity contribution >= 4 is 11.6 Å². The number of carbonyl (C=O) groups excluding carboxylic acids is 1. The maximum absolute atomic E-state index is 12.9. The lowest BCUT2D eigenvalue weighted by Gasteiger charge is -2.40. The van der Waals surface area contributed by atoms with Crippen molar-refractivity contribution in [2.75, 3.05) is 32.1 Å². The van der Waals surface area contributed by atoms with Gasteiger partial charge >= 0.3 is 0 Å². The van der Waals surface area contributed by atoms with Crippen LogP contribution in [0.2, 0.25) is 0 Å². The van der Waals surface area contributed by atoms with Crippen molar-refractivity contribution in [1.82, 2.24) is 10.6 Å². The van der Waals surface area contributed by atoms with Gasteiger partial charge in [0.05, 0.1) is 19.3 Å².